The van der Waals surface area contributed by atoms with E-state index < -0.39 is 0 Å². The summed E-state index contributed by atoms with van der Waals surface area (Å²) in [5.41, 5.74) is 3.02. The second kappa shape index (κ2) is 4.79. The molecule has 2 N–H and O–H groups in total. The second-order valence-corrected chi connectivity index (χ2v) is 5.60. The molecule has 17 heavy (non-hydrogen) atoms. The molecule has 3 rings (SSSR count). The van der Waals surface area contributed by atoms with Gasteiger partial charge >= 0.3 is 0 Å². The first kappa shape index (κ1) is 11.2. The van der Waals surface area contributed by atoms with Crippen LogP contribution >= 0.6 is 0 Å². The number of aliphatic hydroxyl groups excluding tert-OH is 1. The van der Waals surface area contributed by atoms with Gasteiger partial charge in [0.2, 0.25) is 0 Å². The van der Waals surface area contributed by atoms with Crippen LogP contribution in [0.3, 0.4) is 0 Å². The maximum Gasteiger partial charge on any atom is 0.0546 e. The SMILES string of the molecule is OC1CC(CNCc2ccccc2C2CC2)C1. The normalized spacial score (nSPS) is 27.8. The van der Waals surface area contributed by atoms with Crippen LogP contribution in [-0.2, 0) is 6.54 Å². The fourth-order valence-electron chi connectivity index (χ4n) is 2.77. The zero-order valence-corrected chi connectivity index (χ0v) is 10.2. The minimum atomic E-state index is -0.0273. The van der Waals surface area contributed by atoms with Gasteiger partial charge in [0.05, 0.1) is 6.10 Å². The minimum absolute atomic E-state index is 0.0273. The van der Waals surface area contributed by atoms with Crippen LogP contribution in [0.1, 0.15) is 42.7 Å². The molecule has 0 heterocycles. The Kier molecular flexibility index (Phi) is 3.17. The molecule has 0 atom stereocenters. The Balaban J connectivity index is 1.50. The minimum Gasteiger partial charge on any atom is -0.393 e. The van der Waals surface area contributed by atoms with Gasteiger partial charge in [-0.25, -0.2) is 0 Å². The highest BCUT2D eigenvalue weighted by Crippen LogP contribution is 2.41. The number of rotatable bonds is 5. The quantitative estimate of drug-likeness (QED) is 0.815. The number of benzene rings is 1. The molecule has 0 saturated heterocycles. The molecule has 0 bridgehead atoms. The van der Waals surface area contributed by atoms with Gasteiger partial charge in [-0.1, -0.05) is 24.3 Å². The largest absolute Gasteiger partial charge is 0.393 e. The van der Waals surface area contributed by atoms with E-state index >= 15 is 0 Å². The zero-order chi connectivity index (χ0) is 11.7. The summed E-state index contributed by atoms with van der Waals surface area (Å²) in [4.78, 5) is 0. The zero-order valence-electron chi connectivity index (χ0n) is 10.2. The maximum absolute atomic E-state index is 9.23. The van der Waals surface area contributed by atoms with Crippen molar-refractivity contribution in [1.29, 1.82) is 0 Å². The van der Waals surface area contributed by atoms with Gasteiger partial charge in [-0.2, -0.15) is 0 Å². The molecule has 92 valence electrons. The van der Waals surface area contributed by atoms with E-state index in [1.54, 1.807) is 5.56 Å². The first-order chi connectivity index (χ1) is 8.33. The molecule has 2 fully saturated rings. The van der Waals surface area contributed by atoms with Crippen molar-refractivity contribution in [2.45, 2.75) is 44.2 Å². The van der Waals surface area contributed by atoms with Crippen molar-refractivity contribution in [1.82, 2.24) is 5.32 Å². The van der Waals surface area contributed by atoms with Crippen LogP contribution in [0.4, 0.5) is 0 Å². The third-order valence-corrected chi connectivity index (χ3v) is 4.03. The van der Waals surface area contributed by atoms with Gasteiger partial charge in [-0.15, -0.1) is 0 Å². The molecule has 0 aromatic heterocycles. The topological polar surface area (TPSA) is 32.3 Å². The molecular weight excluding hydrogens is 210 g/mol. The van der Waals surface area contributed by atoms with E-state index in [1.165, 1.54) is 18.4 Å². The molecule has 0 amide bonds. The molecule has 0 radical (unpaired) electrons. The Hall–Kier alpha value is -0.860. The van der Waals surface area contributed by atoms with Crippen molar-refractivity contribution in [2.24, 2.45) is 5.92 Å². The molecule has 2 nitrogen and oxygen atoms in total. The Labute approximate surface area is 103 Å². The number of aliphatic hydroxyl groups is 1. The molecule has 2 heteroatoms. The summed E-state index contributed by atoms with van der Waals surface area (Å²) in [5, 5.41) is 12.8. The lowest BCUT2D eigenvalue weighted by atomic mass is 9.82. The smallest absolute Gasteiger partial charge is 0.0546 e. The molecule has 0 aliphatic heterocycles. The van der Waals surface area contributed by atoms with Crippen molar-refractivity contribution < 1.29 is 5.11 Å². The monoisotopic (exact) mass is 231 g/mol. The van der Waals surface area contributed by atoms with Crippen molar-refractivity contribution in [3.05, 3.63) is 35.4 Å². The molecule has 2 aliphatic rings. The Morgan fingerprint density at radius 2 is 1.94 bits per heavy atom. The van der Waals surface area contributed by atoms with Crippen LogP contribution in [-0.4, -0.2) is 17.8 Å². The predicted octanol–water partition coefficient (Wildman–Crippen LogP) is 2.42. The summed E-state index contributed by atoms with van der Waals surface area (Å²) >= 11 is 0. The maximum atomic E-state index is 9.23. The van der Waals surface area contributed by atoms with E-state index in [4.69, 9.17) is 0 Å². The van der Waals surface area contributed by atoms with Crippen LogP contribution < -0.4 is 5.32 Å². The van der Waals surface area contributed by atoms with Gasteiger partial charge < -0.3 is 10.4 Å². The third-order valence-electron chi connectivity index (χ3n) is 4.03. The van der Waals surface area contributed by atoms with Crippen molar-refractivity contribution in [2.75, 3.05) is 6.54 Å². The fourth-order valence-corrected chi connectivity index (χ4v) is 2.77. The Morgan fingerprint density at radius 3 is 2.65 bits per heavy atom. The predicted molar refractivity (Wildman–Crippen MR) is 68.9 cm³/mol. The van der Waals surface area contributed by atoms with Gasteiger partial charge in [-0.3, -0.25) is 0 Å². The molecule has 1 aromatic rings. The average Bonchev–Trinajstić information content (AvgIpc) is 3.11. The highest BCUT2D eigenvalue weighted by atomic mass is 16.3. The van der Waals surface area contributed by atoms with Crippen LogP contribution in [0, 0.1) is 5.92 Å². The summed E-state index contributed by atoms with van der Waals surface area (Å²) in [6.07, 6.45) is 4.67. The summed E-state index contributed by atoms with van der Waals surface area (Å²) in [7, 11) is 0. The first-order valence-electron chi connectivity index (χ1n) is 6.79. The molecule has 1 aromatic carbocycles. The number of hydrogen-bond acceptors (Lipinski definition) is 2. The van der Waals surface area contributed by atoms with E-state index in [0.717, 1.165) is 31.8 Å². The number of hydrogen-bond donors (Lipinski definition) is 2. The van der Waals surface area contributed by atoms with Crippen molar-refractivity contribution in [3.8, 4) is 0 Å². The Bertz CT molecular complexity index is 380. The van der Waals surface area contributed by atoms with Gasteiger partial charge in [0.15, 0.2) is 0 Å². The molecule has 2 aliphatic carbocycles. The van der Waals surface area contributed by atoms with Crippen molar-refractivity contribution >= 4 is 0 Å². The summed E-state index contributed by atoms with van der Waals surface area (Å²) in [6, 6.07) is 8.81. The Morgan fingerprint density at radius 1 is 1.18 bits per heavy atom. The van der Waals surface area contributed by atoms with E-state index in [-0.39, 0.29) is 6.10 Å². The standard InChI is InChI=1S/C15H21NO/c17-14-7-11(8-14)9-16-10-13-3-1-2-4-15(13)12-5-6-12/h1-4,11-12,14,16-17H,5-10H2. The van der Waals surface area contributed by atoms with Gasteiger partial charge in [0.25, 0.3) is 0 Å². The van der Waals surface area contributed by atoms with E-state index in [0.29, 0.717) is 5.92 Å². The molecular formula is C15H21NO. The first-order valence-corrected chi connectivity index (χ1v) is 6.79. The highest BCUT2D eigenvalue weighted by molar-refractivity contribution is 5.33. The molecule has 0 unspecified atom stereocenters. The van der Waals surface area contributed by atoms with Crippen LogP contribution in [0.25, 0.3) is 0 Å². The lowest BCUT2D eigenvalue weighted by Crippen LogP contribution is -2.36. The van der Waals surface area contributed by atoms with Crippen LogP contribution in [0.5, 0.6) is 0 Å². The lowest BCUT2D eigenvalue weighted by molar-refractivity contribution is 0.0429. The van der Waals surface area contributed by atoms with E-state index in [1.807, 2.05) is 0 Å². The van der Waals surface area contributed by atoms with Crippen molar-refractivity contribution in [3.63, 3.8) is 0 Å². The third kappa shape index (κ3) is 2.70. The fraction of sp³-hybridized carbons (Fsp3) is 0.600. The lowest BCUT2D eigenvalue weighted by Gasteiger charge is -2.31. The number of nitrogens with one attached hydrogen (secondary N) is 1. The second-order valence-electron chi connectivity index (χ2n) is 5.60. The summed E-state index contributed by atoms with van der Waals surface area (Å²) < 4.78 is 0. The van der Waals surface area contributed by atoms with Gasteiger partial charge in [0, 0.05) is 6.54 Å². The highest BCUT2D eigenvalue weighted by Gasteiger charge is 2.27. The molecule has 0 spiro atoms. The van der Waals surface area contributed by atoms with Crippen LogP contribution in [0.2, 0.25) is 0 Å². The molecule has 2 saturated carbocycles. The average molecular weight is 231 g/mol. The summed E-state index contributed by atoms with van der Waals surface area (Å²) in [6.45, 7) is 2.04. The van der Waals surface area contributed by atoms with Gasteiger partial charge in [0.1, 0.15) is 0 Å². The van der Waals surface area contributed by atoms with Crippen LogP contribution in [0.15, 0.2) is 24.3 Å². The van der Waals surface area contributed by atoms with Gasteiger partial charge in [-0.05, 0) is 55.2 Å². The van der Waals surface area contributed by atoms with E-state index in [2.05, 4.69) is 29.6 Å². The van der Waals surface area contributed by atoms with E-state index in [9.17, 15) is 5.11 Å². The summed E-state index contributed by atoms with van der Waals surface area (Å²) in [5.74, 6) is 1.52.